The minimum Gasteiger partial charge on any atom is -0.425 e. The molecule has 0 saturated heterocycles. The van der Waals surface area contributed by atoms with E-state index in [2.05, 4.69) is 0 Å². The van der Waals surface area contributed by atoms with Gasteiger partial charge in [-0.2, -0.15) is 0 Å². The summed E-state index contributed by atoms with van der Waals surface area (Å²) in [5, 5.41) is 0. The molecule has 0 fully saturated rings. The highest BCUT2D eigenvalue weighted by Crippen LogP contribution is 2.20. The summed E-state index contributed by atoms with van der Waals surface area (Å²) < 4.78 is 52.4. The molecule has 7 nitrogen and oxygen atoms in total. The van der Waals surface area contributed by atoms with E-state index in [0.717, 1.165) is 18.6 Å². The van der Waals surface area contributed by atoms with Gasteiger partial charge < -0.3 is 10.5 Å². The number of carbonyl (C=O) groups excluding carboxylic acids is 1. The van der Waals surface area contributed by atoms with Gasteiger partial charge >= 0.3 is 5.97 Å². The third kappa shape index (κ3) is 6.62. The van der Waals surface area contributed by atoms with E-state index in [9.17, 15) is 21.6 Å². The zero-order valence-electron chi connectivity index (χ0n) is 14.7. The molecule has 0 aromatic heterocycles. The van der Waals surface area contributed by atoms with Crippen LogP contribution in [-0.2, 0) is 30.9 Å². The number of hydrogen-bond donors (Lipinski definition) is 1. The molecule has 0 saturated carbocycles. The van der Waals surface area contributed by atoms with Crippen LogP contribution in [0.15, 0.2) is 58.3 Å². The number of nitrogens with two attached hydrogens (primary N) is 1. The molecular formula is C17H20ClNO6S2. The summed E-state index contributed by atoms with van der Waals surface area (Å²) in [6, 6.07) is 11.0. The number of benzene rings is 2. The lowest BCUT2D eigenvalue weighted by atomic mass is 10.1. The first-order chi connectivity index (χ1) is 12.0. The zero-order chi connectivity index (χ0) is 19.5. The highest BCUT2D eigenvalue weighted by atomic mass is 35.5. The maximum atomic E-state index is 12.1. The molecule has 1 atom stereocenters. The van der Waals surface area contributed by atoms with E-state index in [0.29, 0.717) is 11.3 Å². The van der Waals surface area contributed by atoms with E-state index in [4.69, 9.17) is 10.5 Å². The van der Waals surface area contributed by atoms with Gasteiger partial charge in [0.15, 0.2) is 19.7 Å². The van der Waals surface area contributed by atoms with E-state index in [-0.39, 0.29) is 28.6 Å². The van der Waals surface area contributed by atoms with Crippen LogP contribution < -0.4 is 10.5 Å². The summed E-state index contributed by atoms with van der Waals surface area (Å²) in [6.45, 7) is 0. The van der Waals surface area contributed by atoms with Gasteiger partial charge in [0.1, 0.15) is 11.8 Å². The van der Waals surface area contributed by atoms with Crippen LogP contribution in [0.2, 0.25) is 0 Å². The van der Waals surface area contributed by atoms with E-state index in [1.807, 2.05) is 0 Å². The minimum atomic E-state index is -3.63. The number of esters is 1. The van der Waals surface area contributed by atoms with Crippen LogP contribution in [-0.4, -0.2) is 41.4 Å². The number of sulfone groups is 2. The molecule has 0 spiro atoms. The minimum absolute atomic E-state index is 0. The first-order valence-electron chi connectivity index (χ1n) is 7.53. The lowest BCUT2D eigenvalue weighted by Gasteiger charge is -2.13. The largest absolute Gasteiger partial charge is 0.425 e. The Hall–Kier alpha value is -1.94. The lowest BCUT2D eigenvalue weighted by Crippen LogP contribution is -2.36. The molecule has 2 N–H and O–H groups in total. The van der Waals surface area contributed by atoms with Crippen LogP contribution in [0, 0.1) is 0 Å². The summed E-state index contributed by atoms with van der Waals surface area (Å²) in [5.41, 5.74) is 6.15. The number of para-hydroxylation sites is 1. The molecule has 27 heavy (non-hydrogen) atoms. The van der Waals surface area contributed by atoms with Crippen molar-refractivity contribution in [3.8, 4) is 5.75 Å². The molecular weight excluding hydrogens is 414 g/mol. The normalized spacial score (nSPS) is 12.7. The Morgan fingerprint density at radius 1 is 0.963 bits per heavy atom. The quantitative estimate of drug-likeness (QED) is 0.539. The fourth-order valence-corrected chi connectivity index (χ4v) is 3.68. The molecule has 10 heteroatoms. The van der Waals surface area contributed by atoms with Crippen molar-refractivity contribution in [2.24, 2.45) is 5.73 Å². The Morgan fingerprint density at radius 3 is 1.89 bits per heavy atom. The monoisotopic (exact) mass is 433 g/mol. The van der Waals surface area contributed by atoms with Crippen molar-refractivity contribution in [1.82, 2.24) is 0 Å². The standard InChI is InChI=1S/C17H19NO6S2.ClH/c1-25(20,21)14-8-12(9-15(11-14)26(2,22)23)10-16(18)17(19)24-13-6-4-3-5-7-13;/h3-9,11,16H,10,18H2,1-2H3;1H. The van der Waals surface area contributed by atoms with Gasteiger partial charge in [-0.3, -0.25) is 0 Å². The molecule has 2 aromatic carbocycles. The van der Waals surface area contributed by atoms with E-state index < -0.39 is 31.7 Å². The van der Waals surface area contributed by atoms with Crippen LogP contribution >= 0.6 is 12.4 Å². The third-order valence-electron chi connectivity index (χ3n) is 3.52. The van der Waals surface area contributed by atoms with Gasteiger partial charge in [0, 0.05) is 12.5 Å². The molecule has 0 aliphatic rings. The molecule has 2 aromatic rings. The Labute approximate surface area is 164 Å². The highest BCUT2D eigenvalue weighted by Gasteiger charge is 2.20. The van der Waals surface area contributed by atoms with Gasteiger partial charge in [-0.15, -0.1) is 12.4 Å². The molecule has 0 radical (unpaired) electrons. The van der Waals surface area contributed by atoms with Crippen molar-refractivity contribution in [2.75, 3.05) is 12.5 Å². The average molecular weight is 434 g/mol. The predicted molar refractivity (Wildman–Crippen MR) is 104 cm³/mol. The summed E-state index contributed by atoms with van der Waals surface area (Å²) in [5.74, 6) is -0.378. The Balaban J connectivity index is 0.00000364. The summed E-state index contributed by atoms with van der Waals surface area (Å²) in [4.78, 5) is 11.8. The first-order valence-corrected chi connectivity index (χ1v) is 11.3. The molecule has 0 amide bonds. The SMILES string of the molecule is CS(=O)(=O)c1cc(CC(N)C(=O)Oc2ccccc2)cc(S(C)(=O)=O)c1.Cl. The second kappa shape index (κ2) is 8.83. The number of ether oxygens (including phenoxy) is 1. The molecule has 0 heterocycles. The summed E-state index contributed by atoms with van der Waals surface area (Å²) in [6.07, 6.45) is 1.88. The van der Waals surface area contributed by atoms with Crippen molar-refractivity contribution < 1.29 is 26.4 Å². The van der Waals surface area contributed by atoms with Crippen LogP contribution in [0.1, 0.15) is 5.56 Å². The Bertz CT molecular complexity index is 970. The van der Waals surface area contributed by atoms with Crippen LogP contribution in [0.5, 0.6) is 5.75 Å². The fraction of sp³-hybridized carbons (Fsp3) is 0.235. The van der Waals surface area contributed by atoms with Crippen molar-refractivity contribution in [3.05, 3.63) is 54.1 Å². The Morgan fingerprint density at radius 2 is 1.44 bits per heavy atom. The van der Waals surface area contributed by atoms with Crippen LogP contribution in [0.4, 0.5) is 0 Å². The summed E-state index contributed by atoms with van der Waals surface area (Å²) in [7, 11) is -7.27. The average Bonchev–Trinajstić information content (AvgIpc) is 2.53. The highest BCUT2D eigenvalue weighted by molar-refractivity contribution is 7.91. The van der Waals surface area contributed by atoms with Gasteiger partial charge in [-0.25, -0.2) is 21.6 Å². The molecule has 0 bridgehead atoms. The molecule has 0 aliphatic heterocycles. The van der Waals surface area contributed by atoms with E-state index in [1.54, 1.807) is 30.3 Å². The molecule has 0 aliphatic carbocycles. The molecule has 1 unspecified atom stereocenters. The van der Waals surface area contributed by atoms with Crippen molar-refractivity contribution in [2.45, 2.75) is 22.3 Å². The van der Waals surface area contributed by atoms with Crippen LogP contribution in [0.3, 0.4) is 0 Å². The maximum absolute atomic E-state index is 12.1. The predicted octanol–water partition coefficient (Wildman–Crippen LogP) is 1.39. The van der Waals surface area contributed by atoms with Gasteiger partial charge in [0.25, 0.3) is 0 Å². The third-order valence-corrected chi connectivity index (χ3v) is 5.70. The topological polar surface area (TPSA) is 121 Å². The van der Waals surface area contributed by atoms with Gasteiger partial charge in [-0.1, -0.05) is 18.2 Å². The second-order valence-electron chi connectivity index (χ2n) is 5.90. The van der Waals surface area contributed by atoms with Gasteiger partial charge in [-0.05, 0) is 42.3 Å². The zero-order valence-corrected chi connectivity index (χ0v) is 17.1. The van der Waals surface area contributed by atoms with Crippen molar-refractivity contribution in [1.29, 1.82) is 0 Å². The number of halogens is 1. The lowest BCUT2D eigenvalue weighted by molar-refractivity contribution is -0.135. The fourth-order valence-electron chi connectivity index (χ4n) is 2.19. The molecule has 2 rings (SSSR count). The van der Waals surface area contributed by atoms with Crippen LogP contribution in [0.25, 0.3) is 0 Å². The molecule has 148 valence electrons. The van der Waals surface area contributed by atoms with Gasteiger partial charge in [0.2, 0.25) is 0 Å². The maximum Gasteiger partial charge on any atom is 0.328 e. The summed E-state index contributed by atoms with van der Waals surface area (Å²) >= 11 is 0. The van der Waals surface area contributed by atoms with Crippen molar-refractivity contribution in [3.63, 3.8) is 0 Å². The van der Waals surface area contributed by atoms with Gasteiger partial charge in [0.05, 0.1) is 9.79 Å². The second-order valence-corrected chi connectivity index (χ2v) is 9.93. The number of rotatable bonds is 6. The van der Waals surface area contributed by atoms with E-state index in [1.165, 1.54) is 12.1 Å². The number of hydrogen-bond acceptors (Lipinski definition) is 7. The first kappa shape index (κ1) is 23.1. The smallest absolute Gasteiger partial charge is 0.328 e. The Kier molecular flexibility index (Phi) is 7.56. The van der Waals surface area contributed by atoms with Crippen molar-refractivity contribution >= 4 is 38.1 Å². The number of carbonyl (C=O) groups is 1. The van der Waals surface area contributed by atoms with E-state index >= 15 is 0 Å².